The van der Waals surface area contributed by atoms with Crippen molar-refractivity contribution in [1.82, 2.24) is 0 Å². The van der Waals surface area contributed by atoms with Gasteiger partial charge in [0, 0.05) is 0 Å². The van der Waals surface area contributed by atoms with Crippen molar-refractivity contribution in [1.29, 1.82) is 0 Å². The molecular weight excluding hydrogens is 246 g/mol. The van der Waals surface area contributed by atoms with Gasteiger partial charge in [0.1, 0.15) is 11.9 Å². The third kappa shape index (κ3) is 3.61. The molecule has 0 saturated heterocycles. The van der Waals surface area contributed by atoms with Crippen molar-refractivity contribution in [3.05, 3.63) is 65.2 Å². The molecule has 0 saturated carbocycles. The molecule has 0 radical (unpaired) electrons. The average molecular weight is 269 g/mol. The van der Waals surface area contributed by atoms with Crippen LogP contribution in [0, 0.1) is 6.92 Å². The van der Waals surface area contributed by atoms with E-state index >= 15 is 0 Å². The van der Waals surface area contributed by atoms with Crippen molar-refractivity contribution in [2.45, 2.75) is 39.3 Å². The first-order valence-electron chi connectivity index (χ1n) is 7.18. The smallest absolute Gasteiger partial charge is 0.119 e. The summed E-state index contributed by atoms with van der Waals surface area (Å²) in [5.41, 5.74) is 9.93. The van der Waals surface area contributed by atoms with Gasteiger partial charge in [0.2, 0.25) is 0 Å². The number of ether oxygens (including phenoxy) is 1. The van der Waals surface area contributed by atoms with Gasteiger partial charge in [-0.15, -0.1) is 0 Å². The summed E-state index contributed by atoms with van der Waals surface area (Å²) in [6, 6.07) is 16.4. The maximum atomic E-state index is 6.27. The molecule has 2 heteroatoms. The zero-order valence-corrected chi connectivity index (χ0v) is 12.5. The van der Waals surface area contributed by atoms with Crippen molar-refractivity contribution in [3.63, 3.8) is 0 Å². The molecule has 0 spiro atoms. The molecule has 2 rings (SSSR count). The average Bonchev–Trinajstić information content (AvgIpc) is 2.48. The second-order valence-corrected chi connectivity index (χ2v) is 5.26. The maximum absolute atomic E-state index is 6.27. The summed E-state index contributed by atoms with van der Waals surface area (Å²) in [4.78, 5) is 0. The van der Waals surface area contributed by atoms with Crippen LogP contribution in [0.2, 0.25) is 0 Å². The Morgan fingerprint density at radius 2 is 1.60 bits per heavy atom. The molecule has 2 aromatic carbocycles. The Morgan fingerprint density at radius 3 is 2.15 bits per heavy atom. The van der Waals surface area contributed by atoms with Gasteiger partial charge in [0.25, 0.3) is 0 Å². The fourth-order valence-corrected chi connectivity index (χ4v) is 2.15. The van der Waals surface area contributed by atoms with Gasteiger partial charge >= 0.3 is 0 Å². The molecule has 2 unspecified atom stereocenters. The van der Waals surface area contributed by atoms with Crippen LogP contribution >= 0.6 is 0 Å². The number of benzene rings is 2. The van der Waals surface area contributed by atoms with Crippen LogP contribution in [0.15, 0.2) is 48.5 Å². The topological polar surface area (TPSA) is 35.2 Å². The second kappa shape index (κ2) is 6.58. The van der Waals surface area contributed by atoms with Crippen LogP contribution in [0.5, 0.6) is 5.75 Å². The van der Waals surface area contributed by atoms with Crippen molar-refractivity contribution in [2.75, 3.05) is 0 Å². The van der Waals surface area contributed by atoms with E-state index in [0.717, 1.165) is 17.7 Å². The van der Waals surface area contributed by atoms with Crippen LogP contribution in [-0.4, -0.2) is 6.10 Å². The summed E-state index contributed by atoms with van der Waals surface area (Å²) in [6.07, 6.45) is 0.976. The molecule has 0 aromatic heterocycles. The first-order valence-corrected chi connectivity index (χ1v) is 7.18. The summed E-state index contributed by atoms with van der Waals surface area (Å²) in [6.45, 7) is 6.23. The lowest BCUT2D eigenvalue weighted by Crippen LogP contribution is -2.28. The highest BCUT2D eigenvalue weighted by Gasteiger charge is 2.16. The van der Waals surface area contributed by atoms with E-state index in [1.54, 1.807) is 0 Å². The summed E-state index contributed by atoms with van der Waals surface area (Å²) in [7, 11) is 0. The molecule has 0 aliphatic rings. The van der Waals surface area contributed by atoms with E-state index in [-0.39, 0.29) is 12.1 Å². The highest BCUT2D eigenvalue weighted by Crippen LogP contribution is 2.21. The van der Waals surface area contributed by atoms with Crippen LogP contribution in [0.1, 0.15) is 36.6 Å². The monoisotopic (exact) mass is 269 g/mol. The molecule has 0 amide bonds. The molecule has 0 aliphatic heterocycles. The Hall–Kier alpha value is -1.80. The number of aryl methyl sites for hydroxylation is 2. The quantitative estimate of drug-likeness (QED) is 0.889. The third-order valence-electron chi connectivity index (χ3n) is 3.62. The molecule has 2 aromatic rings. The molecule has 0 heterocycles. The lowest BCUT2D eigenvalue weighted by atomic mass is 10.0. The molecule has 2 nitrogen and oxygen atoms in total. The van der Waals surface area contributed by atoms with Crippen LogP contribution in [-0.2, 0) is 6.42 Å². The minimum atomic E-state index is -0.124. The normalized spacial score (nSPS) is 13.8. The van der Waals surface area contributed by atoms with E-state index in [9.17, 15) is 0 Å². The van der Waals surface area contributed by atoms with Crippen LogP contribution in [0.25, 0.3) is 0 Å². The predicted octanol–water partition coefficient (Wildman–Crippen LogP) is 4.02. The zero-order valence-electron chi connectivity index (χ0n) is 12.5. The lowest BCUT2D eigenvalue weighted by Gasteiger charge is -2.22. The highest BCUT2D eigenvalue weighted by molar-refractivity contribution is 5.28. The van der Waals surface area contributed by atoms with Crippen LogP contribution < -0.4 is 10.5 Å². The lowest BCUT2D eigenvalue weighted by molar-refractivity contribution is 0.190. The van der Waals surface area contributed by atoms with Crippen molar-refractivity contribution in [2.24, 2.45) is 5.73 Å². The molecule has 0 aliphatic carbocycles. The van der Waals surface area contributed by atoms with Crippen molar-refractivity contribution < 1.29 is 4.74 Å². The molecule has 20 heavy (non-hydrogen) atoms. The third-order valence-corrected chi connectivity index (χ3v) is 3.62. The first kappa shape index (κ1) is 14.6. The second-order valence-electron chi connectivity index (χ2n) is 5.26. The summed E-state index contributed by atoms with van der Waals surface area (Å²) >= 11 is 0. The van der Waals surface area contributed by atoms with Crippen molar-refractivity contribution >= 4 is 0 Å². The molecular formula is C18H23NO. The van der Waals surface area contributed by atoms with Crippen LogP contribution in [0.4, 0.5) is 0 Å². The van der Waals surface area contributed by atoms with Gasteiger partial charge in [-0.05, 0) is 43.5 Å². The largest absolute Gasteiger partial charge is 0.489 e. The Labute approximate surface area is 121 Å². The number of rotatable bonds is 5. The molecule has 2 atom stereocenters. The molecule has 106 valence electrons. The molecule has 2 N–H and O–H groups in total. The van der Waals surface area contributed by atoms with Crippen molar-refractivity contribution in [3.8, 4) is 5.75 Å². The van der Waals surface area contributed by atoms with E-state index in [4.69, 9.17) is 10.5 Å². The van der Waals surface area contributed by atoms with Crippen LogP contribution in [0.3, 0.4) is 0 Å². The molecule has 0 bridgehead atoms. The van der Waals surface area contributed by atoms with E-state index in [1.165, 1.54) is 11.1 Å². The van der Waals surface area contributed by atoms with Gasteiger partial charge in [-0.25, -0.2) is 0 Å². The SMILES string of the molecule is CCc1ccc(OC(C)C(N)c2ccc(C)cc2)cc1. The fourth-order valence-electron chi connectivity index (χ4n) is 2.15. The van der Waals surface area contributed by atoms with E-state index in [0.29, 0.717) is 0 Å². The van der Waals surface area contributed by atoms with Gasteiger partial charge in [0.15, 0.2) is 0 Å². The van der Waals surface area contributed by atoms with Gasteiger partial charge in [0.05, 0.1) is 6.04 Å². The highest BCUT2D eigenvalue weighted by atomic mass is 16.5. The Morgan fingerprint density at radius 1 is 1.00 bits per heavy atom. The van der Waals surface area contributed by atoms with E-state index in [2.05, 4.69) is 50.2 Å². The Bertz CT molecular complexity index is 530. The number of nitrogens with two attached hydrogens (primary N) is 1. The van der Waals surface area contributed by atoms with Gasteiger partial charge in [-0.3, -0.25) is 0 Å². The standard InChI is InChI=1S/C18H23NO/c1-4-15-7-11-17(12-8-15)20-14(3)18(19)16-9-5-13(2)6-10-16/h5-12,14,18H,4,19H2,1-3H3. The fraction of sp³-hybridized carbons (Fsp3) is 0.333. The Kier molecular flexibility index (Phi) is 4.80. The Balaban J connectivity index is 2.02. The summed E-state index contributed by atoms with van der Waals surface area (Å²) < 4.78 is 5.94. The van der Waals surface area contributed by atoms with Gasteiger partial charge in [-0.2, -0.15) is 0 Å². The summed E-state index contributed by atoms with van der Waals surface area (Å²) in [5.74, 6) is 0.872. The number of hydrogen-bond acceptors (Lipinski definition) is 2. The first-order chi connectivity index (χ1) is 9.60. The maximum Gasteiger partial charge on any atom is 0.119 e. The zero-order chi connectivity index (χ0) is 14.5. The van der Waals surface area contributed by atoms with Gasteiger partial charge in [-0.1, -0.05) is 48.9 Å². The van der Waals surface area contributed by atoms with Gasteiger partial charge < -0.3 is 10.5 Å². The molecule has 0 fully saturated rings. The predicted molar refractivity (Wildman–Crippen MR) is 84.0 cm³/mol. The minimum Gasteiger partial charge on any atom is -0.489 e. The minimum absolute atomic E-state index is 0.0646. The van der Waals surface area contributed by atoms with E-state index in [1.807, 2.05) is 19.1 Å². The van der Waals surface area contributed by atoms with E-state index < -0.39 is 0 Å². The summed E-state index contributed by atoms with van der Waals surface area (Å²) in [5, 5.41) is 0. The number of hydrogen-bond donors (Lipinski definition) is 1.